The summed E-state index contributed by atoms with van der Waals surface area (Å²) in [6, 6.07) is 12.4. The zero-order valence-corrected chi connectivity index (χ0v) is 12.3. The molecule has 1 heterocycles. The van der Waals surface area contributed by atoms with Crippen LogP contribution in [-0.4, -0.2) is 20.7 Å². The Hall–Kier alpha value is -1.59. The van der Waals surface area contributed by atoms with Crippen molar-refractivity contribution in [1.82, 2.24) is 5.32 Å². The van der Waals surface area contributed by atoms with Crippen molar-refractivity contribution in [1.29, 1.82) is 0 Å². The van der Waals surface area contributed by atoms with E-state index in [-0.39, 0.29) is 5.75 Å². The number of aryl methyl sites for hydroxylation is 1. The molecule has 0 saturated carbocycles. The molecule has 0 radical (unpaired) electrons. The molecule has 1 aromatic carbocycles. The average Bonchev–Trinajstić information content (AvgIpc) is 2.85. The predicted molar refractivity (Wildman–Crippen MR) is 78.3 cm³/mol. The van der Waals surface area contributed by atoms with Crippen LogP contribution >= 0.6 is 0 Å². The second kappa shape index (κ2) is 6.72. The van der Waals surface area contributed by atoms with Gasteiger partial charge in [-0.25, -0.2) is 8.42 Å². The molecule has 1 N–H and O–H groups in total. The van der Waals surface area contributed by atoms with E-state index >= 15 is 0 Å². The molecule has 0 bridgehead atoms. The fourth-order valence-corrected chi connectivity index (χ4v) is 3.26. The lowest BCUT2D eigenvalue weighted by Crippen LogP contribution is -2.18. The maximum Gasteiger partial charge on any atom is 0.178 e. The topological polar surface area (TPSA) is 59.3 Å². The largest absolute Gasteiger partial charge is 0.465 e. The second-order valence-corrected chi connectivity index (χ2v) is 6.78. The van der Waals surface area contributed by atoms with Crippen LogP contribution in [-0.2, 0) is 16.4 Å². The Bertz CT molecular complexity index is 632. The lowest BCUT2D eigenvalue weighted by molar-refractivity contribution is 0.462. The van der Waals surface area contributed by atoms with E-state index in [2.05, 4.69) is 5.32 Å². The first-order chi connectivity index (χ1) is 9.58. The maximum atomic E-state index is 12.0. The van der Waals surface area contributed by atoms with Crippen molar-refractivity contribution < 1.29 is 12.8 Å². The van der Waals surface area contributed by atoms with E-state index in [4.69, 9.17) is 4.42 Å². The van der Waals surface area contributed by atoms with Crippen LogP contribution in [0.15, 0.2) is 51.8 Å². The first kappa shape index (κ1) is 14.8. The van der Waals surface area contributed by atoms with E-state index in [0.717, 1.165) is 11.5 Å². The molecule has 1 aromatic heterocycles. The quantitative estimate of drug-likeness (QED) is 0.797. The summed E-state index contributed by atoms with van der Waals surface area (Å²) in [7, 11) is -3.16. The monoisotopic (exact) mass is 293 g/mol. The van der Waals surface area contributed by atoms with E-state index in [1.54, 1.807) is 24.3 Å². The summed E-state index contributed by atoms with van der Waals surface area (Å²) in [5.41, 5.74) is 0. The van der Waals surface area contributed by atoms with E-state index in [1.807, 2.05) is 25.1 Å². The number of hydrogen-bond acceptors (Lipinski definition) is 4. The molecule has 4 nitrogen and oxygen atoms in total. The Morgan fingerprint density at radius 1 is 1.10 bits per heavy atom. The highest BCUT2D eigenvalue weighted by Crippen LogP contribution is 2.11. The summed E-state index contributed by atoms with van der Waals surface area (Å²) in [5.74, 6) is 1.91. The van der Waals surface area contributed by atoms with Gasteiger partial charge in [-0.2, -0.15) is 0 Å². The highest BCUT2D eigenvalue weighted by Gasteiger charge is 2.12. The fraction of sp³-hybridized carbons (Fsp3) is 0.333. The van der Waals surface area contributed by atoms with Crippen molar-refractivity contribution >= 4 is 9.84 Å². The van der Waals surface area contributed by atoms with Crippen LogP contribution in [0.5, 0.6) is 0 Å². The fourth-order valence-electron chi connectivity index (χ4n) is 1.92. The molecule has 0 unspecified atom stereocenters. The van der Waals surface area contributed by atoms with Crippen molar-refractivity contribution in [3.8, 4) is 0 Å². The van der Waals surface area contributed by atoms with Crippen LogP contribution in [0.3, 0.4) is 0 Å². The van der Waals surface area contributed by atoms with Crippen LogP contribution in [0.25, 0.3) is 0 Å². The third kappa shape index (κ3) is 4.21. The van der Waals surface area contributed by atoms with Gasteiger partial charge in [-0.3, -0.25) is 0 Å². The van der Waals surface area contributed by atoms with Crippen LogP contribution in [0, 0.1) is 6.92 Å². The van der Waals surface area contributed by atoms with Gasteiger partial charge in [0, 0.05) is 0 Å². The molecule has 0 aliphatic heterocycles. The zero-order chi connectivity index (χ0) is 14.4. The molecule has 20 heavy (non-hydrogen) atoms. The summed E-state index contributed by atoms with van der Waals surface area (Å²) in [6.45, 7) is 3.17. The van der Waals surface area contributed by atoms with Gasteiger partial charge in [0.15, 0.2) is 9.84 Å². The minimum atomic E-state index is -3.16. The van der Waals surface area contributed by atoms with Crippen LogP contribution in [0.1, 0.15) is 17.9 Å². The lowest BCUT2D eigenvalue weighted by atomic mass is 10.4. The van der Waals surface area contributed by atoms with Gasteiger partial charge in [0.05, 0.1) is 17.2 Å². The number of rotatable bonds is 7. The molecular weight excluding hydrogens is 274 g/mol. The molecule has 0 aliphatic rings. The van der Waals surface area contributed by atoms with Crippen molar-refractivity contribution in [2.24, 2.45) is 0 Å². The lowest BCUT2D eigenvalue weighted by Gasteiger charge is -2.05. The summed E-state index contributed by atoms with van der Waals surface area (Å²) in [6.07, 6.45) is 0.580. The van der Waals surface area contributed by atoms with Crippen molar-refractivity contribution in [2.75, 3.05) is 12.3 Å². The van der Waals surface area contributed by atoms with Crippen molar-refractivity contribution in [3.63, 3.8) is 0 Å². The predicted octanol–water partition coefficient (Wildman–Crippen LogP) is 2.54. The maximum absolute atomic E-state index is 12.0. The minimum Gasteiger partial charge on any atom is -0.465 e. The van der Waals surface area contributed by atoms with E-state index in [9.17, 15) is 8.42 Å². The van der Waals surface area contributed by atoms with Gasteiger partial charge in [-0.05, 0) is 44.2 Å². The number of furan rings is 1. The summed E-state index contributed by atoms with van der Waals surface area (Å²) in [4.78, 5) is 0.390. The molecule has 108 valence electrons. The van der Waals surface area contributed by atoms with Crippen molar-refractivity contribution in [2.45, 2.75) is 24.8 Å². The Kier molecular flexibility index (Phi) is 4.98. The molecule has 0 aliphatic carbocycles. The minimum absolute atomic E-state index is 0.154. The van der Waals surface area contributed by atoms with Crippen LogP contribution in [0.4, 0.5) is 0 Å². The molecule has 2 rings (SSSR count). The first-order valence-corrected chi connectivity index (χ1v) is 8.27. The molecule has 0 amide bonds. The Morgan fingerprint density at radius 3 is 2.50 bits per heavy atom. The molecule has 2 aromatic rings. The SMILES string of the molecule is Cc1ccc(CNCCCS(=O)(=O)c2ccccc2)o1. The highest BCUT2D eigenvalue weighted by molar-refractivity contribution is 7.91. The molecule has 0 fully saturated rings. The standard InChI is InChI=1S/C15H19NO3S/c1-13-8-9-14(19-13)12-16-10-5-11-20(17,18)15-6-3-2-4-7-15/h2-4,6-9,16H,5,10-12H2,1H3. The number of benzene rings is 1. The number of sulfone groups is 1. The molecule has 0 saturated heterocycles. The highest BCUT2D eigenvalue weighted by atomic mass is 32.2. The van der Waals surface area contributed by atoms with Crippen molar-refractivity contribution in [3.05, 3.63) is 54.0 Å². The smallest absolute Gasteiger partial charge is 0.178 e. The molecule has 5 heteroatoms. The zero-order valence-electron chi connectivity index (χ0n) is 11.5. The van der Waals surface area contributed by atoms with Gasteiger partial charge in [0.1, 0.15) is 11.5 Å². The Labute approximate surface area is 119 Å². The van der Waals surface area contributed by atoms with E-state index in [0.29, 0.717) is 24.4 Å². The van der Waals surface area contributed by atoms with Gasteiger partial charge in [0.2, 0.25) is 0 Å². The van der Waals surface area contributed by atoms with Gasteiger partial charge in [0.25, 0.3) is 0 Å². The van der Waals surface area contributed by atoms with Crippen LogP contribution < -0.4 is 5.32 Å². The number of hydrogen-bond donors (Lipinski definition) is 1. The van der Waals surface area contributed by atoms with E-state index in [1.165, 1.54) is 0 Å². The van der Waals surface area contributed by atoms with Crippen LogP contribution in [0.2, 0.25) is 0 Å². The summed E-state index contributed by atoms with van der Waals surface area (Å²) < 4.78 is 29.5. The van der Waals surface area contributed by atoms with Gasteiger partial charge < -0.3 is 9.73 Å². The summed E-state index contributed by atoms with van der Waals surface area (Å²) in [5, 5.41) is 3.18. The number of nitrogens with one attached hydrogen (secondary N) is 1. The summed E-state index contributed by atoms with van der Waals surface area (Å²) >= 11 is 0. The second-order valence-electron chi connectivity index (χ2n) is 4.67. The molecule has 0 atom stereocenters. The average molecular weight is 293 g/mol. The Morgan fingerprint density at radius 2 is 1.85 bits per heavy atom. The molecule has 0 spiro atoms. The van der Waals surface area contributed by atoms with Gasteiger partial charge in [-0.15, -0.1) is 0 Å². The molecular formula is C15H19NO3S. The third-order valence-corrected chi connectivity index (χ3v) is 4.78. The normalized spacial score (nSPS) is 11.7. The van der Waals surface area contributed by atoms with E-state index < -0.39 is 9.84 Å². The first-order valence-electron chi connectivity index (χ1n) is 6.62. The van der Waals surface area contributed by atoms with Gasteiger partial charge in [-0.1, -0.05) is 18.2 Å². The van der Waals surface area contributed by atoms with Gasteiger partial charge >= 0.3 is 0 Å². The Balaban J connectivity index is 1.73. The third-order valence-electron chi connectivity index (χ3n) is 2.96.